The van der Waals surface area contributed by atoms with Gasteiger partial charge in [-0.3, -0.25) is 0 Å². The Morgan fingerprint density at radius 1 is 1.18 bits per heavy atom. The number of hydrogen-bond donors (Lipinski definition) is 1. The van der Waals surface area contributed by atoms with E-state index >= 15 is 0 Å². The number of rotatable bonds is 3. The van der Waals surface area contributed by atoms with Crippen LogP contribution in [0.5, 0.6) is 0 Å². The van der Waals surface area contributed by atoms with Crippen LogP contribution in [0.3, 0.4) is 0 Å². The Morgan fingerprint density at radius 3 is 2.64 bits per heavy atom. The van der Waals surface area contributed by atoms with Gasteiger partial charge in [0.15, 0.2) is 0 Å². The lowest BCUT2D eigenvalue weighted by Gasteiger charge is -2.19. The molecule has 0 aliphatic carbocycles. The Labute approximate surface area is 132 Å². The van der Waals surface area contributed by atoms with Crippen molar-refractivity contribution in [1.82, 2.24) is 4.98 Å². The van der Waals surface area contributed by atoms with E-state index in [2.05, 4.69) is 81.2 Å². The molecule has 1 aromatic heterocycles. The Morgan fingerprint density at radius 2 is 1.95 bits per heavy atom. The third-order valence-corrected chi connectivity index (χ3v) is 4.56. The van der Waals surface area contributed by atoms with Crippen LogP contribution in [0, 0.1) is 13.8 Å². The maximum absolute atomic E-state index is 3.67. The minimum atomic E-state index is 1.05. The molecule has 1 N–H and O–H groups in total. The molecule has 0 spiro atoms. The molecule has 2 heteroatoms. The number of allylic oxidation sites excluding steroid dienone is 1. The molecule has 1 heterocycles. The normalized spacial score (nSPS) is 11.9. The van der Waals surface area contributed by atoms with E-state index in [-0.39, 0.29) is 0 Å². The van der Waals surface area contributed by atoms with Gasteiger partial charge in [-0.25, -0.2) is 0 Å². The van der Waals surface area contributed by atoms with Crippen LogP contribution >= 0.6 is 0 Å². The molecule has 0 amide bonds. The van der Waals surface area contributed by atoms with Gasteiger partial charge in [-0.15, -0.1) is 0 Å². The first-order valence-electron chi connectivity index (χ1n) is 7.97. The highest BCUT2D eigenvalue weighted by Crippen LogP contribution is 2.36. The number of benzene rings is 2. The molecule has 0 saturated carbocycles. The maximum Gasteiger partial charge on any atom is 0.0498 e. The lowest BCUT2D eigenvalue weighted by molar-refractivity contribution is 1.15. The standard InChI is InChI=1S/C20H24N2/c1-6-11-22(5)17-12-13(3)19-18(14(17)4)16-10-8-9-15(7-2)20(16)21-19/h6,8-12,21H,7H2,1-5H3/b11-6-. The molecule has 0 saturated heterocycles. The Hall–Kier alpha value is -2.22. The molecule has 0 fully saturated rings. The molecule has 2 nitrogen and oxygen atoms in total. The number of nitrogens with one attached hydrogen (secondary N) is 1. The van der Waals surface area contributed by atoms with Gasteiger partial charge < -0.3 is 9.88 Å². The van der Waals surface area contributed by atoms with Crippen molar-refractivity contribution in [2.24, 2.45) is 0 Å². The van der Waals surface area contributed by atoms with Gasteiger partial charge in [0, 0.05) is 34.5 Å². The van der Waals surface area contributed by atoms with Crippen molar-refractivity contribution in [2.75, 3.05) is 11.9 Å². The summed E-state index contributed by atoms with van der Waals surface area (Å²) in [6, 6.07) is 8.90. The zero-order chi connectivity index (χ0) is 15.9. The molecule has 0 atom stereocenters. The van der Waals surface area contributed by atoms with Crippen LogP contribution in [0.25, 0.3) is 21.8 Å². The van der Waals surface area contributed by atoms with Gasteiger partial charge in [0.2, 0.25) is 0 Å². The van der Waals surface area contributed by atoms with Crippen LogP contribution in [-0.4, -0.2) is 12.0 Å². The largest absolute Gasteiger partial charge is 0.354 e. The molecular formula is C20H24N2. The Kier molecular flexibility index (Phi) is 3.69. The van der Waals surface area contributed by atoms with Crippen LogP contribution in [-0.2, 0) is 6.42 Å². The van der Waals surface area contributed by atoms with E-state index in [1.807, 2.05) is 0 Å². The molecule has 0 unspecified atom stereocenters. The summed E-state index contributed by atoms with van der Waals surface area (Å²) in [7, 11) is 2.11. The fourth-order valence-corrected chi connectivity index (χ4v) is 3.44. The molecule has 0 radical (unpaired) electrons. The molecule has 114 valence electrons. The number of H-pyrrole nitrogens is 1. The van der Waals surface area contributed by atoms with Gasteiger partial charge in [0.25, 0.3) is 0 Å². The number of nitrogens with zero attached hydrogens (tertiary/aromatic N) is 1. The summed E-state index contributed by atoms with van der Waals surface area (Å²) in [5.74, 6) is 0. The molecule has 0 aliphatic heterocycles. The van der Waals surface area contributed by atoms with Crippen molar-refractivity contribution in [3.63, 3.8) is 0 Å². The fraction of sp³-hybridized carbons (Fsp3) is 0.300. The van der Waals surface area contributed by atoms with E-state index < -0.39 is 0 Å². The summed E-state index contributed by atoms with van der Waals surface area (Å²) in [6.07, 6.45) is 5.23. The van der Waals surface area contributed by atoms with Gasteiger partial charge >= 0.3 is 0 Å². The number of anilines is 1. The van der Waals surface area contributed by atoms with Crippen molar-refractivity contribution in [2.45, 2.75) is 34.1 Å². The first kappa shape index (κ1) is 14.7. The number of hydrogen-bond acceptors (Lipinski definition) is 1. The molecular weight excluding hydrogens is 268 g/mol. The van der Waals surface area contributed by atoms with E-state index in [1.54, 1.807) is 0 Å². The summed E-state index contributed by atoms with van der Waals surface area (Å²) in [5, 5.41) is 2.70. The monoisotopic (exact) mass is 292 g/mol. The quantitative estimate of drug-likeness (QED) is 0.678. The molecule has 0 aliphatic rings. The lowest BCUT2D eigenvalue weighted by Crippen LogP contribution is -2.09. The topological polar surface area (TPSA) is 19.0 Å². The minimum Gasteiger partial charge on any atom is -0.354 e. The number of aryl methyl sites for hydroxylation is 3. The second-order valence-corrected chi connectivity index (χ2v) is 6.00. The molecule has 0 bridgehead atoms. The Bertz CT molecular complexity index is 868. The minimum absolute atomic E-state index is 1.05. The number of para-hydroxylation sites is 1. The molecule has 2 aromatic carbocycles. The smallest absolute Gasteiger partial charge is 0.0498 e. The summed E-state index contributed by atoms with van der Waals surface area (Å²) < 4.78 is 0. The highest BCUT2D eigenvalue weighted by molar-refractivity contribution is 6.12. The van der Waals surface area contributed by atoms with Crippen LogP contribution < -0.4 is 4.90 Å². The van der Waals surface area contributed by atoms with Crippen molar-refractivity contribution in [3.8, 4) is 0 Å². The average Bonchev–Trinajstić information content (AvgIpc) is 2.91. The predicted molar refractivity (Wildman–Crippen MR) is 97.9 cm³/mol. The third-order valence-electron chi connectivity index (χ3n) is 4.56. The third kappa shape index (κ3) is 2.10. The van der Waals surface area contributed by atoms with Gasteiger partial charge in [0.05, 0.1) is 0 Å². The SMILES string of the molecule is C/C=C\N(C)c1cc(C)c2[nH]c3c(CC)cccc3c2c1C. The van der Waals surface area contributed by atoms with Crippen molar-refractivity contribution >= 4 is 27.5 Å². The van der Waals surface area contributed by atoms with Crippen LogP contribution in [0.2, 0.25) is 0 Å². The molecule has 3 aromatic rings. The summed E-state index contributed by atoms with van der Waals surface area (Å²) in [5.41, 5.74) is 7.84. The molecule has 22 heavy (non-hydrogen) atoms. The second-order valence-electron chi connectivity index (χ2n) is 6.00. The second kappa shape index (κ2) is 5.53. The van der Waals surface area contributed by atoms with Gasteiger partial charge in [0.1, 0.15) is 0 Å². The number of fused-ring (bicyclic) bond motifs is 3. The summed E-state index contributed by atoms with van der Waals surface area (Å²) in [6.45, 7) is 8.68. The van der Waals surface area contributed by atoms with Crippen LogP contribution in [0.4, 0.5) is 5.69 Å². The van der Waals surface area contributed by atoms with Crippen molar-refractivity contribution < 1.29 is 0 Å². The summed E-state index contributed by atoms with van der Waals surface area (Å²) in [4.78, 5) is 5.87. The first-order valence-corrected chi connectivity index (χ1v) is 7.97. The number of aromatic amines is 1. The highest BCUT2D eigenvalue weighted by Gasteiger charge is 2.15. The Balaban J connectivity index is 2.42. The maximum atomic E-state index is 3.67. The fourth-order valence-electron chi connectivity index (χ4n) is 3.44. The predicted octanol–water partition coefficient (Wildman–Crippen LogP) is 5.47. The van der Waals surface area contributed by atoms with E-state index in [1.165, 1.54) is 44.2 Å². The van der Waals surface area contributed by atoms with Crippen molar-refractivity contribution in [1.29, 1.82) is 0 Å². The first-order chi connectivity index (χ1) is 10.6. The van der Waals surface area contributed by atoms with Gasteiger partial charge in [-0.1, -0.05) is 31.2 Å². The van der Waals surface area contributed by atoms with E-state index in [0.29, 0.717) is 0 Å². The average molecular weight is 292 g/mol. The van der Waals surface area contributed by atoms with Gasteiger partial charge in [-0.2, -0.15) is 0 Å². The van der Waals surface area contributed by atoms with Crippen LogP contribution in [0.1, 0.15) is 30.5 Å². The van der Waals surface area contributed by atoms with Gasteiger partial charge in [-0.05, 0) is 56.1 Å². The van der Waals surface area contributed by atoms with Crippen LogP contribution in [0.15, 0.2) is 36.5 Å². The van der Waals surface area contributed by atoms with E-state index in [4.69, 9.17) is 0 Å². The zero-order valence-electron chi connectivity index (χ0n) is 14.1. The highest BCUT2D eigenvalue weighted by atomic mass is 15.1. The molecule has 3 rings (SSSR count). The van der Waals surface area contributed by atoms with E-state index in [9.17, 15) is 0 Å². The van der Waals surface area contributed by atoms with Crippen molar-refractivity contribution in [3.05, 3.63) is 53.2 Å². The van der Waals surface area contributed by atoms with E-state index in [0.717, 1.165) is 6.42 Å². The zero-order valence-corrected chi connectivity index (χ0v) is 14.1. The summed E-state index contributed by atoms with van der Waals surface area (Å²) >= 11 is 0. The number of aromatic nitrogens is 1. The lowest BCUT2D eigenvalue weighted by atomic mass is 10.0.